The zero-order valence-electron chi connectivity index (χ0n) is 11.4. The summed E-state index contributed by atoms with van der Waals surface area (Å²) in [7, 11) is 1.31. The quantitative estimate of drug-likeness (QED) is 0.653. The lowest BCUT2D eigenvalue weighted by Gasteiger charge is -2.03. The van der Waals surface area contributed by atoms with Crippen LogP contribution >= 0.6 is 11.8 Å². The summed E-state index contributed by atoms with van der Waals surface area (Å²) in [5.41, 5.74) is 1.52. The van der Waals surface area contributed by atoms with Crippen molar-refractivity contribution in [3.63, 3.8) is 0 Å². The maximum absolute atomic E-state index is 11.5. The second-order valence-corrected chi connectivity index (χ2v) is 5.32. The molecule has 0 aliphatic rings. The number of thioether (sulfide) groups is 1. The predicted octanol–water partition coefficient (Wildman–Crippen LogP) is 2.99. The molecule has 2 rings (SSSR count). The molecule has 110 valence electrons. The van der Waals surface area contributed by atoms with Crippen LogP contribution in [-0.2, 0) is 21.7 Å². The van der Waals surface area contributed by atoms with Gasteiger partial charge in [0.15, 0.2) is 0 Å². The lowest BCUT2D eigenvalue weighted by atomic mass is 10.2. The zero-order valence-corrected chi connectivity index (χ0v) is 12.2. The van der Waals surface area contributed by atoms with E-state index < -0.39 is 11.9 Å². The first-order chi connectivity index (χ1) is 10.1. The third kappa shape index (κ3) is 4.13. The average molecular weight is 306 g/mol. The van der Waals surface area contributed by atoms with Gasteiger partial charge in [-0.15, -0.1) is 11.8 Å². The number of carbonyl (C=O) groups is 2. The van der Waals surface area contributed by atoms with Crippen LogP contribution in [0, 0.1) is 0 Å². The second kappa shape index (κ2) is 6.99. The van der Waals surface area contributed by atoms with Crippen LogP contribution in [0.25, 0.3) is 0 Å². The van der Waals surface area contributed by atoms with Crippen LogP contribution in [0.4, 0.5) is 0 Å². The molecule has 0 unspecified atom stereocenters. The highest BCUT2D eigenvalue weighted by molar-refractivity contribution is 7.98. The minimum absolute atomic E-state index is 0.0131. The van der Waals surface area contributed by atoms with Crippen molar-refractivity contribution < 1.29 is 23.8 Å². The summed E-state index contributed by atoms with van der Waals surface area (Å²) in [5.74, 6) is -0.560. The molecule has 0 saturated heterocycles. The Labute approximate surface area is 125 Å². The summed E-state index contributed by atoms with van der Waals surface area (Å²) in [6.45, 7) is 0. The number of furan rings is 1. The van der Waals surface area contributed by atoms with Crippen molar-refractivity contribution in [1.82, 2.24) is 0 Å². The van der Waals surface area contributed by atoms with E-state index in [1.165, 1.54) is 25.1 Å². The second-order valence-electron chi connectivity index (χ2n) is 4.27. The van der Waals surface area contributed by atoms with Crippen molar-refractivity contribution in [2.75, 3.05) is 7.11 Å². The highest BCUT2D eigenvalue weighted by Gasteiger charge is 2.15. The summed E-state index contributed by atoms with van der Waals surface area (Å²) >= 11 is 1.53. The Kier molecular flexibility index (Phi) is 5.05. The zero-order chi connectivity index (χ0) is 15.2. The van der Waals surface area contributed by atoms with Crippen LogP contribution in [0.3, 0.4) is 0 Å². The molecule has 1 N–H and O–H groups in total. The molecule has 0 radical (unpaired) electrons. The highest BCUT2D eigenvalue weighted by Crippen LogP contribution is 2.25. The number of carbonyl (C=O) groups excluding carboxylic acids is 1. The molecule has 1 heterocycles. The van der Waals surface area contributed by atoms with E-state index in [0.29, 0.717) is 5.75 Å². The van der Waals surface area contributed by atoms with Crippen LogP contribution in [0.2, 0.25) is 0 Å². The van der Waals surface area contributed by atoms with E-state index in [1.807, 2.05) is 12.1 Å². The number of benzene rings is 1. The van der Waals surface area contributed by atoms with Gasteiger partial charge in [0.05, 0.1) is 19.8 Å². The molecule has 21 heavy (non-hydrogen) atoms. The molecule has 2 aromatic rings. The van der Waals surface area contributed by atoms with Crippen molar-refractivity contribution >= 4 is 23.7 Å². The van der Waals surface area contributed by atoms with E-state index in [9.17, 15) is 9.59 Å². The number of ether oxygens (including phenoxy) is 1. The molecule has 0 aliphatic carbocycles. The normalized spacial score (nSPS) is 10.3. The number of carboxylic acids is 1. The molecule has 0 fully saturated rings. The summed E-state index contributed by atoms with van der Waals surface area (Å²) in [6, 6.07) is 9.03. The third-order valence-corrected chi connectivity index (χ3v) is 3.85. The van der Waals surface area contributed by atoms with Crippen LogP contribution in [0.1, 0.15) is 21.7 Å². The Balaban J connectivity index is 1.98. The lowest BCUT2D eigenvalue weighted by molar-refractivity contribution is -0.136. The molecule has 5 nitrogen and oxygen atoms in total. The fourth-order valence-electron chi connectivity index (χ4n) is 1.76. The minimum Gasteiger partial charge on any atom is -0.481 e. The van der Waals surface area contributed by atoms with E-state index in [-0.39, 0.29) is 12.2 Å². The first-order valence-corrected chi connectivity index (χ1v) is 7.17. The van der Waals surface area contributed by atoms with E-state index in [2.05, 4.69) is 4.74 Å². The fourth-order valence-corrected chi connectivity index (χ4v) is 2.64. The molecule has 0 spiro atoms. The highest BCUT2D eigenvalue weighted by atomic mass is 32.2. The maximum atomic E-state index is 11.5. The third-order valence-electron chi connectivity index (χ3n) is 2.79. The number of hydrogen-bond acceptors (Lipinski definition) is 5. The van der Waals surface area contributed by atoms with Gasteiger partial charge in [0.1, 0.15) is 0 Å². The summed E-state index contributed by atoms with van der Waals surface area (Å²) < 4.78 is 9.76. The van der Waals surface area contributed by atoms with Crippen LogP contribution in [0.15, 0.2) is 45.9 Å². The molecule has 1 aromatic carbocycles. The predicted molar refractivity (Wildman–Crippen MR) is 77.4 cm³/mol. The fraction of sp³-hybridized carbons (Fsp3) is 0.200. The molecular formula is C15H14O5S. The number of carboxylic acid groups (broad SMARTS) is 1. The van der Waals surface area contributed by atoms with Gasteiger partial charge in [-0.05, 0) is 23.8 Å². The number of hydrogen-bond donors (Lipinski definition) is 1. The van der Waals surface area contributed by atoms with Gasteiger partial charge in [-0.1, -0.05) is 12.1 Å². The topological polar surface area (TPSA) is 76.7 Å². The van der Waals surface area contributed by atoms with Crippen LogP contribution < -0.4 is 0 Å². The van der Waals surface area contributed by atoms with Crippen molar-refractivity contribution in [3.8, 4) is 0 Å². The lowest BCUT2D eigenvalue weighted by Crippen LogP contribution is -2.02. The number of esters is 1. The van der Waals surface area contributed by atoms with Crippen molar-refractivity contribution in [3.05, 3.63) is 53.5 Å². The summed E-state index contributed by atoms with van der Waals surface area (Å²) in [4.78, 5) is 23.1. The van der Waals surface area contributed by atoms with E-state index in [0.717, 1.165) is 16.0 Å². The number of methoxy groups -OCH3 is 1. The number of aliphatic carboxylic acids is 1. The Morgan fingerprint density at radius 3 is 2.57 bits per heavy atom. The number of rotatable bonds is 6. The van der Waals surface area contributed by atoms with E-state index in [4.69, 9.17) is 9.52 Å². The van der Waals surface area contributed by atoms with E-state index >= 15 is 0 Å². The Bertz CT molecular complexity index is 630. The van der Waals surface area contributed by atoms with Gasteiger partial charge in [-0.3, -0.25) is 4.79 Å². The van der Waals surface area contributed by atoms with Crippen LogP contribution in [0.5, 0.6) is 0 Å². The van der Waals surface area contributed by atoms with Crippen molar-refractivity contribution in [2.24, 2.45) is 0 Å². The molecule has 0 amide bonds. The molecular weight excluding hydrogens is 292 g/mol. The van der Waals surface area contributed by atoms with Gasteiger partial charge in [0.25, 0.3) is 0 Å². The first-order valence-electron chi connectivity index (χ1n) is 6.18. The standard InChI is InChI=1S/C15H14O5S/c1-19-15(18)14-11(6-7-20-14)9-21-12-4-2-10(3-5-12)8-13(16)17/h2-7H,8-9H2,1H3,(H,16,17). The van der Waals surface area contributed by atoms with Gasteiger partial charge >= 0.3 is 11.9 Å². The first kappa shape index (κ1) is 15.2. The Morgan fingerprint density at radius 2 is 1.95 bits per heavy atom. The monoisotopic (exact) mass is 306 g/mol. The van der Waals surface area contributed by atoms with E-state index in [1.54, 1.807) is 18.2 Å². The summed E-state index contributed by atoms with van der Waals surface area (Å²) in [5, 5.41) is 8.71. The summed E-state index contributed by atoms with van der Waals surface area (Å²) in [6.07, 6.45) is 1.47. The molecule has 6 heteroatoms. The SMILES string of the molecule is COC(=O)c1occc1CSc1ccc(CC(=O)O)cc1. The Hall–Kier alpha value is -2.21. The smallest absolute Gasteiger partial charge is 0.374 e. The average Bonchev–Trinajstić information content (AvgIpc) is 2.93. The van der Waals surface area contributed by atoms with Crippen molar-refractivity contribution in [1.29, 1.82) is 0 Å². The molecule has 0 bridgehead atoms. The largest absolute Gasteiger partial charge is 0.481 e. The van der Waals surface area contributed by atoms with Gasteiger partial charge in [0, 0.05) is 16.2 Å². The van der Waals surface area contributed by atoms with Gasteiger partial charge < -0.3 is 14.3 Å². The molecule has 0 atom stereocenters. The van der Waals surface area contributed by atoms with Gasteiger partial charge in [-0.25, -0.2) is 4.79 Å². The molecule has 0 aliphatic heterocycles. The molecule has 1 aromatic heterocycles. The maximum Gasteiger partial charge on any atom is 0.374 e. The van der Waals surface area contributed by atoms with Crippen LogP contribution in [-0.4, -0.2) is 24.2 Å². The van der Waals surface area contributed by atoms with Gasteiger partial charge in [-0.2, -0.15) is 0 Å². The van der Waals surface area contributed by atoms with Gasteiger partial charge in [0.2, 0.25) is 5.76 Å². The van der Waals surface area contributed by atoms with Crippen molar-refractivity contribution in [2.45, 2.75) is 17.1 Å². The minimum atomic E-state index is -0.850. The molecule has 0 saturated carbocycles. The Morgan fingerprint density at radius 1 is 1.24 bits per heavy atom.